The van der Waals surface area contributed by atoms with Gasteiger partial charge in [0.05, 0.1) is 34.6 Å². The van der Waals surface area contributed by atoms with Crippen molar-refractivity contribution in [1.82, 2.24) is 5.43 Å². The molecule has 168 valence electrons. The lowest BCUT2D eigenvalue weighted by molar-refractivity contribution is -0.136. The number of nitrogens with one attached hydrogen (secondary N) is 2. The van der Waals surface area contributed by atoms with Crippen molar-refractivity contribution >= 4 is 52.9 Å². The van der Waals surface area contributed by atoms with E-state index in [9.17, 15) is 14.4 Å². The maximum atomic E-state index is 12.3. The Morgan fingerprint density at radius 2 is 1.64 bits per heavy atom. The van der Waals surface area contributed by atoms with E-state index in [-0.39, 0.29) is 21.5 Å². The number of hydrazone groups is 1. The molecule has 0 spiro atoms. The van der Waals surface area contributed by atoms with E-state index in [0.717, 1.165) is 0 Å². The minimum absolute atomic E-state index is 0.116. The van der Waals surface area contributed by atoms with E-state index in [1.165, 1.54) is 19.4 Å². The number of carbonyl (C=O) groups excluding carboxylic acids is 3. The van der Waals surface area contributed by atoms with E-state index in [1.807, 2.05) is 0 Å². The molecule has 0 aliphatic carbocycles. The normalized spacial score (nSPS) is 10.5. The summed E-state index contributed by atoms with van der Waals surface area (Å²) in [7, 11) is 1.53. The lowest BCUT2D eigenvalue weighted by Crippen LogP contribution is -2.32. The average Bonchev–Trinajstić information content (AvgIpc) is 2.82. The fourth-order valence-electron chi connectivity index (χ4n) is 2.55. The number of halogens is 2. The molecule has 0 heterocycles. The van der Waals surface area contributed by atoms with Gasteiger partial charge in [0.15, 0.2) is 0 Å². The molecule has 3 rings (SSSR count). The fraction of sp³-hybridized carbons (Fsp3) is 0.0435. The van der Waals surface area contributed by atoms with Crippen LogP contribution in [0.4, 0.5) is 5.69 Å². The number of amides is 2. The molecule has 0 fully saturated rings. The van der Waals surface area contributed by atoms with Crippen LogP contribution in [-0.4, -0.2) is 31.1 Å². The van der Waals surface area contributed by atoms with Crippen LogP contribution in [0.2, 0.25) is 10.0 Å². The standard InChI is InChI=1S/C23H17Cl2N3O5/c1-32-16-10-8-15(9-11-16)23(31)33-17-5-2-4-14(12-17)13-26-28-22(30)21(29)27-19-7-3-6-18(24)20(19)25/h2-13H,1H3,(H,27,29)(H,28,30)/b26-13-. The lowest BCUT2D eigenvalue weighted by Gasteiger charge is -2.07. The number of hydrogen-bond donors (Lipinski definition) is 2. The third-order valence-corrected chi connectivity index (χ3v) is 5.00. The molecule has 10 heteroatoms. The smallest absolute Gasteiger partial charge is 0.343 e. The number of nitrogens with zero attached hydrogens (tertiary/aromatic N) is 1. The van der Waals surface area contributed by atoms with Crippen molar-refractivity contribution in [3.05, 3.63) is 87.9 Å². The first kappa shape index (κ1) is 23.8. The largest absolute Gasteiger partial charge is 0.497 e. The van der Waals surface area contributed by atoms with Crippen molar-refractivity contribution < 1.29 is 23.9 Å². The molecule has 3 aromatic carbocycles. The van der Waals surface area contributed by atoms with Gasteiger partial charge in [-0.25, -0.2) is 10.2 Å². The molecule has 0 aliphatic heterocycles. The molecular formula is C23H17Cl2N3O5. The van der Waals surface area contributed by atoms with Crippen LogP contribution >= 0.6 is 23.2 Å². The maximum absolute atomic E-state index is 12.3. The summed E-state index contributed by atoms with van der Waals surface area (Å²) in [6.07, 6.45) is 1.29. The number of ether oxygens (including phenoxy) is 2. The highest BCUT2D eigenvalue weighted by atomic mass is 35.5. The van der Waals surface area contributed by atoms with Gasteiger partial charge in [0.2, 0.25) is 0 Å². The van der Waals surface area contributed by atoms with Gasteiger partial charge in [-0.15, -0.1) is 0 Å². The minimum atomic E-state index is -1.01. The summed E-state index contributed by atoms with van der Waals surface area (Å²) in [4.78, 5) is 36.2. The van der Waals surface area contributed by atoms with Crippen LogP contribution in [0.3, 0.4) is 0 Å². The third kappa shape index (κ3) is 6.55. The summed E-state index contributed by atoms with van der Waals surface area (Å²) in [6, 6.07) is 17.6. The zero-order chi connectivity index (χ0) is 23.8. The summed E-state index contributed by atoms with van der Waals surface area (Å²) in [5.74, 6) is -1.63. The van der Waals surface area contributed by atoms with Gasteiger partial charge in [-0.3, -0.25) is 9.59 Å². The first-order valence-electron chi connectivity index (χ1n) is 9.42. The van der Waals surface area contributed by atoms with E-state index in [4.69, 9.17) is 32.7 Å². The van der Waals surface area contributed by atoms with Crippen LogP contribution in [0, 0.1) is 0 Å². The number of esters is 1. The number of benzene rings is 3. The zero-order valence-electron chi connectivity index (χ0n) is 17.2. The summed E-state index contributed by atoms with van der Waals surface area (Å²) in [6.45, 7) is 0. The van der Waals surface area contributed by atoms with Crippen molar-refractivity contribution in [2.75, 3.05) is 12.4 Å². The number of carbonyl (C=O) groups is 3. The summed E-state index contributed by atoms with van der Waals surface area (Å²) >= 11 is 11.9. The van der Waals surface area contributed by atoms with Gasteiger partial charge in [0, 0.05) is 0 Å². The fourth-order valence-corrected chi connectivity index (χ4v) is 2.89. The second kappa shape index (κ2) is 11.1. The average molecular weight is 486 g/mol. The maximum Gasteiger partial charge on any atom is 0.343 e. The Bertz CT molecular complexity index is 1210. The SMILES string of the molecule is COc1ccc(C(=O)Oc2cccc(/C=N\NC(=O)C(=O)Nc3cccc(Cl)c3Cl)c2)cc1. The minimum Gasteiger partial charge on any atom is -0.497 e. The third-order valence-electron chi connectivity index (χ3n) is 4.18. The van der Waals surface area contributed by atoms with Crippen molar-refractivity contribution in [1.29, 1.82) is 0 Å². The van der Waals surface area contributed by atoms with Gasteiger partial charge in [0.25, 0.3) is 0 Å². The van der Waals surface area contributed by atoms with E-state index in [2.05, 4.69) is 15.8 Å². The van der Waals surface area contributed by atoms with E-state index >= 15 is 0 Å². The Labute approximate surface area is 199 Å². The number of methoxy groups -OCH3 is 1. The van der Waals surface area contributed by atoms with Gasteiger partial charge in [-0.2, -0.15) is 5.10 Å². The molecule has 0 aromatic heterocycles. The molecule has 0 unspecified atom stereocenters. The molecule has 0 aliphatic rings. The molecule has 33 heavy (non-hydrogen) atoms. The predicted molar refractivity (Wildman–Crippen MR) is 125 cm³/mol. The Balaban J connectivity index is 1.57. The summed E-state index contributed by atoms with van der Waals surface area (Å²) in [5, 5.41) is 6.44. The molecule has 0 atom stereocenters. The highest BCUT2D eigenvalue weighted by Crippen LogP contribution is 2.29. The second-order valence-electron chi connectivity index (χ2n) is 6.45. The first-order valence-corrected chi connectivity index (χ1v) is 10.2. The molecule has 0 saturated carbocycles. The molecule has 3 aromatic rings. The van der Waals surface area contributed by atoms with Crippen LogP contribution in [-0.2, 0) is 9.59 Å². The van der Waals surface area contributed by atoms with Gasteiger partial charge in [-0.05, 0) is 54.1 Å². The Morgan fingerprint density at radius 1 is 0.909 bits per heavy atom. The quantitative estimate of drug-likeness (QED) is 0.178. The monoisotopic (exact) mass is 485 g/mol. The predicted octanol–water partition coefficient (Wildman–Crippen LogP) is 4.31. The molecular weight excluding hydrogens is 469 g/mol. The second-order valence-corrected chi connectivity index (χ2v) is 7.23. The highest BCUT2D eigenvalue weighted by Gasteiger charge is 2.15. The van der Waals surface area contributed by atoms with Gasteiger partial charge < -0.3 is 14.8 Å². The van der Waals surface area contributed by atoms with Crippen LogP contribution < -0.4 is 20.2 Å². The molecule has 0 saturated heterocycles. The van der Waals surface area contributed by atoms with E-state index in [1.54, 1.807) is 60.7 Å². The number of rotatable bonds is 6. The Kier molecular flexibility index (Phi) is 8.01. The molecule has 8 nitrogen and oxygen atoms in total. The van der Waals surface area contributed by atoms with Crippen LogP contribution in [0.15, 0.2) is 71.8 Å². The van der Waals surface area contributed by atoms with Crippen LogP contribution in [0.5, 0.6) is 11.5 Å². The summed E-state index contributed by atoms with van der Waals surface area (Å²) in [5.41, 5.74) is 3.18. The Hall–Kier alpha value is -3.88. The molecule has 0 radical (unpaired) electrons. The van der Waals surface area contributed by atoms with Crippen LogP contribution in [0.25, 0.3) is 0 Å². The van der Waals surface area contributed by atoms with Gasteiger partial charge in [-0.1, -0.05) is 41.4 Å². The van der Waals surface area contributed by atoms with Gasteiger partial charge in [0.1, 0.15) is 11.5 Å². The van der Waals surface area contributed by atoms with Gasteiger partial charge >= 0.3 is 17.8 Å². The lowest BCUT2D eigenvalue weighted by atomic mass is 10.2. The zero-order valence-corrected chi connectivity index (χ0v) is 18.7. The van der Waals surface area contributed by atoms with Crippen molar-refractivity contribution in [3.63, 3.8) is 0 Å². The van der Waals surface area contributed by atoms with Crippen molar-refractivity contribution in [2.45, 2.75) is 0 Å². The number of anilines is 1. The highest BCUT2D eigenvalue weighted by molar-refractivity contribution is 6.45. The molecule has 2 N–H and O–H groups in total. The molecule has 2 amide bonds. The van der Waals surface area contributed by atoms with E-state index in [0.29, 0.717) is 16.9 Å². The van der Waals surface area contributed by atoms with Crippen LogP contribution in [0.1, 0.15) is 15.9 Å². The summed E-state index contributed by atoms with van der Waals surface area (Å²) < 4.78 is 10.4. The van der Waals surface area contributed by atoms with E-state index < -0.39 is 17.8 Å². The Morgan fingerprint density at radius 3 is 2.36 bits per heavy atom. The topological polar surface area (TPSA) is 106 Å². The molecule has 0 bridgehead atoms. The number of hydrogen-bond acceptors (Lipinski definition) is 6. The van der Waals surface area contributed by atoms with Crippen molar-refractivity contribution in [3.8, 4) is 11.5 Å². The van der Waals surface area contributed by atoms with Crippen molar-refractivity contribution in [2.24, 2.45) is 5.10 Å². The first-order chi connectivity index (χ1) is 15.9.